The summed E-state index contributed by atoms with van der Waals surface area (Å²) < 4.78 is 1.18. The van der Waals surface area contributed by atoms with E-state index in [1.54, 1.807) is 22.7 Å². The molecule has 0 unspecified atom stereocenters. The van der Waals surface area contributed by atoms with Crippen molar-refractivity contribution in [2.24, 2.45) is 0 Å². The third kappa shape index (κ3) is 4.38. The van der Waals surface area contributed by atoms with E-state index in [0.717, 1.165) is 27.5 Å². The van der Waals surface area contributed by atoms with Gasteiger partial charge in [0.05, 0.1) is 10.2 Å². The first kappa shape index (κ1) is 20.5. The number of para-hydroxylation sites is 1. The SMILES string of the molecule is CC(C)NCCC(=O)Nc1sc2c(c1-c1nc3ccccc3s1)C[C@@H](C)N[C@H]2C. The molecule has 2 atom stereocenters. The summed E-state index contributed by atoms with van der Waals surface area (Å²) >= 11 is 3.40. The van der Waals surface area contributed by atoms with Gasteiger partial charge < -0.3 is 16.0 Å². The molecule has 29 heavy (non-hydrogen) atoms. The lowest BCUT2D eigenvalue weighted by molar-refractivity contribution is -0.116. The highest BCUT2D eigenvalue weighted by Crippen LogP contribution is 2.47. The lowest BCUT2D eigenvalue weighted by Crippen LogP contribution is -2.35. The van der Waals surface area contributed by atoms with Gasteiger partial charge in [0, 0.05) is 41.5 Å². The molecule has 1 aromatic carbocycles. The largest absolute Gasteiger partial charge is 0.317 e. The zero-order valence-electron chi connectivity index (χ0n) is 17.3. The number of amides is 1. The summed E-state index contributed by atoms with van der Waals surface area (Å²) in [7, 11) is 0. The van der Waals surface area contributed by atoms with Gasteiger partial charge >= 0.3 is 0 Å². The maximum Gasteiger partial charge on any atom is 0.226 e. The molecule has 3 heterocycles. The van der Waals surface area contributed by atoms with Crippen LogP contribution in [0.25, 0.3) is 20.8 Å². The zero-order chi connectivity index (χ0) is 20.5. The van der Waals surface area contributed by atoms with Crippen LogP contribution in [0.2, 0.25) is 0 Å². The molecule has 3 aromatic rings. The first-order chi connectivity index (χ1) is 13.9. The van der Waals surface area contributed by atoms with Crippen molar-refractivity contribution < 1.29 is 4.79 Å². The minimum absolute atomic E-state index is 0.0489. The highest BCUT2D eigenvalue weighted by Gasteiger charge is 2.30. The Morgan fingerprint density at radius 3 is 2.83 bits per heavy atom. The van der Waals surface area contributed by atoms with Gasteiger partial charge in [-0.05, 0) is 38.0 Å². The predicted molar refractivity (Wildman–Crippen MR) is 124 cm³/mol. The number of thiophene rings is 1. The van der Waals surface area contributed by atoms with Crippen molar-refractivity contribution in [3.8, 4) is 10.6 Å². The number of aromatic nitrogens is 1. The quantitative estimate of drug-likeness (QED) is 0.520. The molecular weight excluding hydrogens is 400 g/mol. The van der Waals surface area contributed by atoms with Gasteiger partial charge in [0.1, 0.15) is 10.0 Å². The van der Waals surface area contributed by atoms with E-state index in [1.165, 1.54) is 15.1 Å². The second-order valence-corrected chi connectivity index (χ2v) is 10.1. The number of hydrogen-bond donors (Lipinski definition) is 3. The molecule has 3 N–H and O–H groups in total. The predicted octanol–water partition coefficient (Wildman–Crippen LogP) is 4.95. The topological polar surface area (TPSA) is 66.0 Å². The summed E-state index contributed by atoms with van der Waals surface area (Å²) in [6.07, 6.45) is 1.41. The fraction of sp³-hybridized carbons (Fsp3) is 0.455. The van der Waals surface area contributed by atoms with Crippen LogP contribution in [-0.2, 0) is 11.2 Å². The molecule has 7 heteroatoms. The molecule has 0 spiro atoms. The summed E-state index contributed by atoms with van der Waals surface area (Å²) in [6.45, 7) is 9.28. The molecule has 4 rings (SSSR count). The number of rotatable bonds is 6. The Hall–Kier alpha value is -1.80. The number of thiazole rings is 1. The molecule has 2 aromatic heterocycles. The fourth-order valence-electron chi connectivity index (χ4n) is 3.86. The average molecular weight is 429 g/mol. The number of benzene rings is 1. The Kier molecular flexibility index (Phi) is 6.01. The van der Waals surface area contributed by atoms with Crippen LogP contribution in [0.4, 0.5) is 5.00 Å². The molecule has 1 aliphatic heterocycles. The number of carbonyl (C=O) groups is 1. The summed E-state index contributed by atoms with van der Waals surface area (Å²) in [5.74, 6) is 0.0489. The molecule has 0 radical (unpaired) electrons. The van der Waals surface area contributed by atoms with E-state index in [2.05, 4.69) is 55.8 Å². The first-order valence-electron chi connectivity index (χ1n) is 10.2. The Bertz CT molecular complexity index is 990. The number of anilines is 1. The van der Waals surface area contributed by atoms with Crippen molar-refractivity contribution in [1.82, 2.24) is 15.6 Å². The number of carbonyl (C=O) groups excluding carboxylic acids is 1. The van der Waals surface area contributed by atoms with Crippen LogP contribution in [0.5, 0.6) is 0 Å². The molecule has 1 amide bonds. The number of hydrogen-bond acceptors (Lipinski definition) is 6. The van der Waals surface area contributed by atoms with Gasteiger partial charge in [0.15, 0.2) is 0 Å². The van der Waals surface area contributed by atoms with Gasteiger partial charge in [-0.1, -0.05) is 26.0 Å². The molecule has 0 fully saturated rings. The zero-order valence-corrected chi connectivity index (χ0v) is 19.0. The smallest absolute Gasteiger partial charge is 0.226 e. The van der Waals surface area contributed by atoms with Crippen molar-refractivity contribution in [3.63, 3.8) is 0 Å². The lowest BCUT2D eigenvalue weighted by atomic mass is 9.95. The van der Waals surface area contributed by atoms with Crippen molar-refractivity contribution in [2.45, 2.75) is 58.7 Å². The highest BCUT2D eigenvalue weighted by molar-refractivity contribution is 7.23. The monoisotopic (exact) mass is 428 g/mol. The fourth-order valence-corrected chi connectivity index (χ4v) is 6.23. The van der Waals surface area contributed by atoms with Crippen molar-refractivity contribution >= 4 is 43.8 Å². The van der Waals surface area contributed by atoms with Gasteiger partial charge in [-0.15, -0.1) is 22.7 Å². The van der Waals surface area contributed by atoms with Gasteiger partial charge in [0.2, 0.25) is 5.91 Å². The molecule has 154 valence electrons. The Morgan fingerprint density at radius 2 is 2.07 bits per heavy atom. The van der Waals surface area contributed by atoms with Crippen molar-refractivity contribution in [3.05, 3.63) is 34.7 Å². The standard InChI is InChI=1S/C22H28N4OS2/c1-12(2)23-10-9-18(27)26-22-19(15-11-13(3)24-14(4)20(15)29-22)21-25-16-7-5-6-8-17(16)28-21/h5-8,12-14,23-24H,9-11H2,1-4H3,(H,26,27)/t13-,14+/m1/s1. The maximum atomic E-state index is 12.6. The van der Waals surface area contributed by atoms with Gasteiger partial charge in [-0.3, -0.25) is 4.79 Å². The number of fused-ring (bicyclic) bond motifs is 2. The van der Waals surface area contributed by atoms with E-state index in [4.69, 9.17) is 4.98 Å². The maximum absolute atomic E-state index is 12.6. The minimum Gasteiger partial charge on any atom is -0.317 e. The molecule has 5 nitrogen and oxygen atoms in total. The van der Waals surface area contributed by atoms with E-state index in [9.17, 15) is 4.79 Å². The Labute approximate surface area is 179 Å². The average Bonchev–Trinajstić information content (AvgIpc) is 3.22. The first-order valence-corrected chi connectivity index (χ1v) is 11.9. The molecule has 0 saturated carbocycles. The third-order valence-corrected chi connectivity index (χ3v) is 7.53. The van der Waals surface area contributed by atoms with E-state index in [-0.39, 0.29) is 11.9 Å². The van der Waals surface area contributed by atoms with Crippen LogP contribution in [-0.4, -0.2) is 29.5 Å². The normalized spacial score (nSPS) is 18.9. The second-order valence-electron chi connectivity index (χ2n) is 8.04. The Balaban J connectivity index is 1.70. The number of nitrogens with one attached hydrogen (secondary N) is 3. The van der Waals surface area contributed by atoms with E-state index >= 15 is 0 Å². The van der Waals surface area contributed by atoms with Gasteiger partial charge in [-0.25, -0.2) is 4.98 Å². The van der Waals surface area contributed by atoms with E-state index < -0.39 is 0 Å². The summed E-state index contributed by atoms with van der Waals surface area (Å²) in [5.41, 5.74) is 3.47. The van der Waals surface area contributed by atoms with Crippen molar-refractivity contribution in [2.75, 3.05) is 11.9 Å². The molecule has 1 aliphatic rings. The highest BCUT2D eigenvalue weighted by atomic mass is 32.1. The molecular formula is C22H28N4OS2. The summed E-state index contributed by atoms with van der Waals surface area (Å²) in [6, 6.07) is 9.29. The van der Waals surface area contributed by atoms with E-state index in [1.807, 2.05) is 12.1 Å². The van der Waals surface area contributed by atoms with Crippen molar-refractivity contribution in [1.29, 1.82) is 0 Å². The van der Waals surface area contributed by atoms with Crippen LogP contribution in [0.15, 0.2) is 24.3 Å². The van der Waals surface area contributed by atoms with Crippen LogP contribution in [0, 0.1) is 0 Å². The summed E-state index contributed by atoms with van der Waals surface area (Å²) in [5, 5.41) is 12.1. The lowest BCUT2D eigenvalue weighted by Gasteiger charge is -2.26. The molecule has 0 bridgehead atoms. The van der Waals surface area contributed by atoms with Crippen LogP contribution in [0.1, 0.15) is 50.6 Å². The number of nitrogens with zero attached hydrogens (tertiary/aromatic N) is 1. The molecule has 0 saturated heterocycles. The second kappa shape index (κ2) is 8.52. The minimum atomic E-state index is 0.0489. The van der Waals surface area contributed by atoms with Crippen LogP contribution in [0.3, 0.4) is 0 Å². The molecule has 0 aliphatic carbocycles. The third-order valence-electron chi connectivity index (χ3n) is 5.14. The van der Waals surface area contributed by atoms with E-state index in [0.29, 0.717) is 25.0 Å². The van der Waals surface area contributed by atoms with Crippen LogP contribution < -0.4 is 16.0 Å². The van der Waals surface area contributed by atoms with Gasteiger partial charge in [0.25, 0.3) is 0 Å². The van der Waals surface area contributed by atoms with Gasteiger partial charge in [-0.2, -0.15) is 0 Å². The Morgan fingerprint density at radius 1 is 1.28 bits per heavy atom. The van der Waals surface area contributed by atoms with Crippen LogP contribution >= 0.6 is 22.7 Å². The summed E-state index contributed by atoms with van der Waals surface area (Å²) in [4.78, 5) is 18.9.